The monoisotopic (exact) mass is 208 g/mol. The fourth-order valence-electron chi connectivity index (χ4n) is 0.888. The SMILES string of the molecule is O=c1[nH]c(F)cc([N+](=O)[O-])c1C(F)F. The first-order chi connectivity index (χ1) is 6.43. The van der Waals surface area contributed by atoms with Crippen LogP contribution in [0.1, 0.15) is 12.0 Å². The number of nitrogens with zero attached hydrogens (tertiary/aromatic N) is 1. The Morgan fingerprint density at radius 3 is 2.50 bits per heavy atom. The summed E-state index contributed by atoms with van der Waals surface area (Å²) >= 11 is 0. The number of halogens is 3. The molecule has 0 aliphatic carbocycles. The van der Waals surface area contributed by atoms with E-state index in [9.17, 15) is 28.1 Å². The minimum absolute atomic E-state index is 0.239. The summed E-state index contributed by atoms with van der Waals surface area (Å²) in [5, 5.41) is 10.2. The number of nitro groups is 1. The number of H-pyrrole nitrogens is 1. The van der Waals surface area contributed by atoms with Gasteiger partial charge in [0.25, 0.3) is 17.7 Å². The van der Waals surface area contributed by atoms with Crippen LogP contribution >= 0.6 is 0 Å². The number of alkyl halides is 2. The molecule has 0 aromatic carbocycles. The quantitative estimate of drug-likeness (QED) is 0.452. The second kappa shape index (κ2) is 3.48. The molecule has 0 saturated carbocycles. The lowest BCUT2D eigenvalue weighted by Crippen LogP contribution is -2.17. The molecule has 1 rings (SSSR count). The van der Waals surface area contributed by atoms with Crippen molar-refractivity contribution in [3.63, 3.8) is 0 Å². The lowest BCUT2D eigenvalue weighted by atomic mass is 10.2. The largest absolute Gasteiger partial charge is 0.298 e. The van der Waals surface area contributed by atoms with Crippen LogP contribution < -0.4 is 5.56 Å². The maximum absolute atomic E-state index is 12.4. The fraction of sp³-hybridized carbons (Fsp3) is 0.167. The third-order valence-electron chi connectivity index (χ3n) is 1.43. The number of rotatable bonds is 2. The van der Waals surface area contributed by atoms with Gasteiger partial charge in [0.15, 0.2) is 5.56 Å². The predicted molar refractivity (Wildman–Crippen MR) is 38.6 cm³/mol. The molecule has 8 heteroatoms. The molecule has 0 aliphatic heterocycles. The van der Waals surface area contributed by atoms with Crippen LogP contribution in [-0.4, -0.2) is 9.91 Å². The lowest BCUT2D eigenvalue weighted by Gasteiger charge is -1.99. The van der Waals surface area contributed by atoms with E-state index in [0.29, 0.717) is 0 Å². The molecule has 0 fully saturated rings. The molecule has 1 heterocycles. The average Bonchev–Trinajstić information content (AvgIpc) is 2.01. The molecular formula is C6H3F3N2O3. The molecule has 0 bridgehead atoms. The Bertz CT molecular complexity index is 429. The van der Waals surface area contributed by atoms with Crippen LogP contribution in [0, 0.1) is 16.1 Å². The summed E-state index contributed by atoms with van der Waals surface area (Å²) < 4.78 is 36.7. The molecule has 1 aromatic rings. The zero-order chi connectivity index (χ0) is 10.9. The van der Waals surface area contributed by atoms with E-state index in [1.54, 1.807) is 0 Å². The topological polar surface area (TPSA) is 76.0 Å². The van der Waals surface area contributed by atoms with Crippen molar-refractivity contribution < 1.29 is 18.1 Å². The van der Waals surface area contributed by atoms with Gasteiger partial charge >= 0.3 is 0 Å². The van der Waals surface area contributed by atoms with Gasteiger partial charge in [0, 0.05) is 0 Å². The van der Waals surface area contributed by atoms with Gasteiger partial charge in [-0.25, -0.2) is 8.78 Å². The third kappa shape index (κ3) is 1.73. The molecule has 0 amide bonds. The molecule has 5 nitrogen and oxygen atoms in total. The number of aromatic amines is 1. The normalized spacial score (nSPS) is 10.6. The van der Waals surface area contributed by atoms with E-state index in [1.807, 2.05) is 0 Å². The predicted octanol–water partition coefficient (Wildman–Crippen LogP) is 1.36. The lowest BCUT2D eigenvalue weighted by molar-refractivity contribution is -0.386. The Hall–Kier alpha value is -1.86. The van der Waals surface area contributed by atoms with E-state index < -0.39 is 34.1 Å². The molecule has 0 unspecified atom stereocenters. The number of hydrogen-bond acceptors (Lipinski definition) is 3. The molecule has 14 heavy (non-hydrogen) atoms. The number of hydrogen-bond donors (Lipinski definition) is 1. The Balaban J connectivity index is 3.53. The van der Waals surface area contributed by atoms with Crippen LogP contribution in [0.5, 0.6) is 0 Å². The van der Waals surface area contributed by atoms with E-state index in [4.69, 9.17) is 0 Å². The van der Waals surface area contributed by atoms with E-state index in [0.717, 1.165) is 0 Å². The minimum Gasteiger partial charge on any atom is -0.298 e. The molecule has 0 saturated heterocycles. The van der Waals surface area contributed by atoms with Crippen molar-refractivity contribution in [3.8, 4) is 0 Å². The Kier molecular flexibility index (Phi) is 2.54. The summed E-state index contributed by atoms with van der Waals surface area (Å²) in [5.41, 5.74) is -4.05. The zero-order valence-electron chi connectivity index (χ0n) is 6.46. The first-order valence-corrected chi connectivity index (χ1v) is 3.28. The van der Waals surface area contributed by atoms with E-state index in [-0.39, 0.29) is 6.07 Å². The van der Waals surface area contributed by atoms with Crippen molar-refractivity contribution in [3.05, 3.63) is 38.0 Å². The van der Waals surface area contributed by atoms with Crippen LogP contribution in [0.4, 0.5) is 18.9 Å². The standard InChI is InChI=1S/C6H3F3N2O3/c7-3-1-2(11(13)14)4(5(8)9)6(12)10-3/h1,5H,(H,10,12). The molecule has 76 valence electrons. The summed E-state index contributed by atoms with van der Waals surface area (Å²) in [6.07, 6.45) is -3.32. The van der Waals surface area contributed by atoms with Gasteiger partial charge in [0.05, 0.1) is 11.0 Å². The molecular weight excluding hydrogens is 205 g/mol. The van der Waals surface area contributed by atoms with Crippen molar-refractivity contribution in [1.82, 2.24) is 4.98 Å². The molecule has 0 spiro atoms. The van der Waals surface area contributed by atoms with Gasteiger partial charge in [-0.05, 0) is 0 Å². The van der Waals surface area contributed by atoms with Crippen LogP contribution in [0.25, 0.3) is 0 Å². The zero-order valence-corrected chi connectivity index (χ0v) is 6.46. The Morgan fingerprint density at radius 2 is 2.07 bits per heavy atom. The maximum atomic E-state index is 12.4. The van der Waals surface area contributed by atoms with Gasteiger partial charge in [0.1, 0.15) is 0 Å². The highest BCUT2D eigenvalue weighted by molar-refractivity contribution is 5.38. The second-order valence-electron chi connectivity index (χ2n) is 2.30. The van der Waals surface area contributed by atoms with E-state index in [1.165, 1.54) is 4.98 Å². The fourth-order valence-corrected chi connectivity index (χ4v) is 0.888. The van der Waals surface area contributed by atoms with Crippen molar-refractivity contribution >= 4 is 5.69 Å². The Labute approximate surface area is 74.3 Å². The summed E-state index contributed by atoms with van der Waals surface area (Å²) in [7, 11) is 0. The summed E-state index contributed by atoms with van der Waals surface area (Å²) in [4.78, 5) is 21.1. The van der Waals surface area contributed by atoms with Gasteiger partial charge in [-0.2, -0.15) is 4.39 Å². The van der Waals surface area contributed by atoms with Crippen LogP contribution in [0.3, 0.4) is 0 Å². The summed E-state index contributed by atoms with van der Waals surface area (Å²) in [5.74, 6) is -1.33. The van der Waals surface area contributed by atoms with Gasteiger partial charge < -0.3 is 0 Å². The van der Waals surface area contributed by atoms with Crippen molar-refractivity contribution in [2.75, 3.05) is 0 Å². The number of aromatic nitrogens is 1. The summed E-state index contributed by atoms with van der Waals surface area (Å²) in [6.45, 7) is 0. The highest BCUT2D eigenvalue weighted by atomic mass is 19.3. The van der Waals surface area contributed by atoms with Gasteiger partial charge in [0.2, 0.25) is 5.95 Å². The van der Waals surface area contributed by atoms with Gasteiger partial charge in [-0.1, -0.05) is 0 Å². The first-order valence-electron chi connectivity index (χ1n) is 3.28. The van der Waals surface area contributed by atoms with Crippen LogP contribution in [-0.2, 0) is 0 Å². The Morgan fingerprint density at radius 1 is 1.50 bits per heavy atom. The third-order valence-corrected chi connectivity index (χ3v) is 1.43. The molecule has 1 aromatic heterocycles. The average molecular weight is 208 g/mol. The van der Waals surface area contributed by atoms with Gasteiger partial charge in [-0.15, -0.1) is 0 Å². The first kappa shape index (κ1) is 10.2. The molecule has 0 radical (unpaired) electrons. The van der Waals surface area contributed by atoms with Crippen LogP contribution in [0.2, 0.25) is 0 Å². The molecule has 0 atom stereocenters. The van der Waals surface area contributed by atoms with Crippen LogP contribution in [0.15, 0.2) is 10.9 Å². The van der Waals surface area contributed by atoms with E-state index >= 15 is 0 Å². The van der Waals surface area contributed by atoms with Gasteiger partial charge in [-0.3, -0.25) is 19.9 Å². The minimum atomic E-state index is -3.32. The molecule has 1 N–H and O–H groups in total. The maximum Gasteiger partial charge on any atom is 0.288 e. The van der Waals surface area contributed by atoms with Crippen molar-refractivity contribution in [1.29, 1.82) is 0 Å². The summed E-state index contributed by atoms with van der Waals surface area (Å²) in [6, 6.07) is 0.239. The second-order valence-corrected chi connectivity index (χ2v) is 2.30. The number of nitrogens with one attached hydrogen (secondary N) is 1. The molecule has 0 aliphatic rings. The highest BCUT2D eigenvalue weighted by Gasteiger charge is 2.26. The highest BCUT2D eigenvalue weighted by Crippen LogP contribution is 2.24. The van der Waals surface area contributed by atoms with E-state index in [2.05, 4.69) is 0 Å². The van der Waals surface area contributed by atoms with Crippen molar-refractivity contribution in [2.45, 2.75) is 6.43 Å². The number of pyridine rings is 1. The van der Waals surface area contributed by atoms with Crippen molar-refractivity contribution in [2.24, 2.45) is 0 Å². The smallest absolute Gasteiger partial charge is 0.288 e.